The number of ether oxygens (including phenoxy) is 1. The van der Waals surface area contributed by atoms with Gasteiger partial charge in [-0.1, -0.05) is 56.3 Å². The number of benzene rings is 2. The monoisotopic (exact) mass is 480 g/mol. The Morgan fingerprint density at radius 2 is 1.74 bits per heavy atom. The van der Waals surface area contributed by atoms with E-state index in [1.807, 2.05) is 44.2 Å². The molecule has 35 heavy (non-hydrogen) atoms. The molecule has 4 amide bonds. The van der Waals surface area contributed by atoms with Crippen LogP contribution in [0.25, 0.3) is 0 Å². The second kappa shape index (κ2) is 12.5. The van der Waals surface area contributed by atoms with Crippen LogP contribution in [0.1, 0.15) is 36.2 Å². The van der Waals surface area contributed by atoms with Crippen LogP contribution < -0.4 is 26.0 Å². The van der Waals surface area contributed by atoms with Crippen molar-refractivity contribution in [2.75, 3.05) is 19.7 Å². The van der Waals surface area contributed by atoms with Crippen molar-refractivity contribution < 1.29 is 23.9 Å². The van der Waals surface area contributed by atoms with Crippen molar-refractivity contribution in [2.24, 2.45) is 5.92 Å². The fourth-order valence-electron chi connectivity index (χ4n) is 3.72. The van der Waals surface area contributed by atoms with Gasteiger partial charge < -0.3 is 26.0 Å². The van der Waals surface area contributed by atoms with E-state index in [4.69, 9.17) is 4.74 Å². The number of rotatable bonds is 5. The van der Waals surface area contributed by atoms with Crippen LogP contribution in [0.3, 0.4) is 0 Å². The van der Waals surface area contributed by atoms with Gasteiger partial charge in [0.15, 0.2) is 0 Å². The number of fused-ring (bicyclic) bond motifs is 1. The molecular weight excluding hydrogens is 448 g/mol. The van der Waals surface area contributed by atoms with Gasteiger partial charge in [0.1, 0.15) is 24.4 Å². The Morgan fingerprint density at radius 1 is 1.03 bits per heavy atom. The average molecular weight is 481 g/mol. The highest BCUT2D eigenvalue weighted by atomic mass is 16.5. The smallest absolute Gasteiger partial charge is 0.255 e. The summed E-state index contributed by atoms with van der Waals surface area (Å²) in [6.07, 6.45) is 0.286. The van der Waals surface area contributed by atoms with E-state index in [2.05, 4.69) is 21.3 Å². The summed E-state index contributed by atoms with van der Waals surface area (Å²) in [5.41, 5.74) is 1.29. The Bertz CT molecular complexity index is 1040. The summed E-state index contributed by atoms with van der Waals surface area (Å²) >= 11 is 0. The average Bonchev–Trinajstić information content (AvgIpc) is 2.84. The van der Waals surface area contributed by atoms with Gasteiger partial charge in [0.25, 0.3) is 5.91 Å². The molecular formula is C26H32N4O5. The third-order valence-electron chi connectivity index (χ3n) is 5.62. The molecule has 0 aliphatic carbocycles. The summed E-state index contributed by atoms with van der Waals surface area (Å²) in [7, 11) is 0. The van der Waals surface area contributed by atoms with E-state index < -0.39 is 29.8 Å². The van der Waals surface area contributed by atoms with E-state index in [9.17, 15) is 19.2 Å². The normalized spacial score (nSPS) is 19.3. The highest BCUT2D eigenvalue weighted by molar-refractivity contribution is 6.01. The lowest BCUT2D eigenvalue weighted by atomic mass is 10.0. The fourth-order valence-corrected chi connectivity index (χ4v) is 3.72. The first-order valence-corrected chi connectivity index (χ1v) is 11.8. The van der Waals surface area contributed by atoms with Gasteiger partial charge in [0.05, 0.1) is 18.5 Å². The molecule has 1 aliphatic rings. The van der Waals surface area contributed by atoms with Gasteiger partial charge in [-0.2, -0.15) is 0 Å². The van der Waals surface area contributed by atoms with Crippen molar-refractivity contribution >= 4 is 23.6 Å². The molecule has 0 unspecified atom stereocenters. The maximum atomic E-state index is 13.0. The molecule has 9 nitrogen and oxygen atoms in total. The van der Waals surface area contributed by atoms with E-state index in [1.54, 1.807) is 24.3 Å². The van der Waals surface area contributed by atoms with Crippen LogP contribution in [0.5, 0.6) is 5.75 Å². The van der Waals surface area contributed by atoms with E-state index in [0.29, 0.717) is 18.7 Å². The van der Waals surface area contributed by atoms with Gasteiger partial charge >= 0.3 is 0 Å². The Morgan fingerprint density at radius 3 is 2.49 bits per heavy atom. The van der Waals surface area contributed by atoms with Crippen molar-refractivity contribution in [2.45, 2.75) is 38.8 Å². The fraction of sp³-hybridized carbons (Fsp3) is 0.385. The van der Waals surface area contributed by atoms with Gasteiger partial charge in [-0.25, -0.2) is 0 Å². The van der Waals surface area contributed by atoms with Crippen molar-refractivity contribution in [1.82, 2.24) is 21.3 Å². The topological polar surface area (TPSA) is 126 Å². The van der Waals surface area contributed by atoms with Gasteiger partial charge in [-0.3, -0.25) is 19.2 Å². The van der Waals surface area contributed by atoms with Crippen LogP contribution in [-0.2, 0) is 20.8 Å². The molecule has 2 aromatic carbocycles. The maximum absolute atomic E-state index is 13.0. The molecule has 0 saturated heterocycles. The zero-order chi connectivity index (χ0) is 25.2. The number of hydrogen-bond donors (Lipinski definition) is 4. The first kappa shape index (κ1) is 25.7. The molecule has 0 aromatic heterocycles. The Hall–Kier alpha value is -3.88. The largest absolute Gasteiger partial charge is 0.491 e. The summed E-state index contributed by atoms with van der Waals surface area (Å²) in [5.74, 6) is -1.72. The minimum absolute atomic E-state index is 0.137. The number of hydrogen-bond acceptors (Lipinski definition) is 5. The summed E-state index contributed by atoms with van der Waals surface area (Å²) < 4.78 is 5.71. The minimum Gasteiger partial charge on any atom is -0.491 e. The zero-order valence-electron chi connectivity index (χ0n) is 20.0. The Balaban J connectivity index is 1.79. The quantitative estimate of drug-likeness (QED) is 0.512. The predicted octanol–water partition coefficient (Wildman–Crippen LogP) is 1.18. The van der Waals surface area contributed by atoms with Crippen LogP contribution in [0.2, 0.25) is 0 Å². The number of amides is 4. The molecule has 2 atom stereocenters. The molecule has 9 heteroatoms. The summed E-state index contributed by atoms with van der Waals surface area (Å²) in [5, 5.41) is 10.9. The standard InChI is InChI=1S/C26H32N4O5/c1-17(2)23-26(34)28-14-15-35-21-11-7-6-10-19(21)24(32)29-20(16-22(31)30-23)25(33)27-13-12-18-8-4-3-5-9-18/h3-11,17,20,23H,12-16H2,1-2H3,(H,27,33)(H,28,34)(H,29,32)(H,30,31)/t20-,23-/m0/s1. The van der Waals surface area contributed by atoms with Crippen molar-refractivity contribution in [3.8, 4) is 5.75 Å². The molecule has 1 heterocycles. The van der Waals surface area contributed by atoms with Crippen LogP contribution in [-0.4, -0.2) is 55.4 Å². The highest BCUT2D eigenvalue weighted by Gasteiger charge is 2.29. The number of carbonyl (C=O) groups is 4. The van der Waals surface area contributed by atoms with Crippen LogP contribution >= 0.6 is 0 Å². The van der Waals surface area contributed by atoms with Crippen molar-refractivity contribution in [3.63, 3.8) is 0 Å². The van der Waals surface area contributed by atoms with Crippen molar-refractivity contribution in [3.05, 3.63) is 65.7 Å². The second-order valence-corrected chi connectivity index (χ2v) is 8.68. The van der Waals surface area contributed by atoms with Crippen LogP contribution in [0.4, 0.5) is 0 Å². The highest BCUT2D eigenvalue weighted by Crippen LogP contribution is 2.18. The molecule has 3 rings (SSSR count). The first-order chi connectivity index (χ1) is 16.8. The molecule has 0 bridgehead atoms. The first-order valence-electron chi connectivity index (χ1n) is 11.8. The lowest BCUT2D eigenvalue weighted by molar-refractivity contribution is -0.131. The van der Waals surface area contributed by atoms with Crippen LogP contribution in [0.15, 0.2) is 54.6 Å². The third kappa shape index (κ3) is 7.56. The number of para-hydroxylation sites is 1. The Labute approximate surface area is 205 Å². The Kier molecular flexibility index (Phi) is 9.23. The lowest BCUT2D eigenvalue weighted by Crippen LogP contribution is -2.54. The number of carbonyl (C=O) groups excluding carboxylic acids is 4. The van der Waals surface area contributed by atoms with E-state index in [0.717, 1.165) is 5.56 Å². The summed E-state index contributed by atoms with van der Waals surface area (Å²) in [6, 6.07) is 14.4. The molecule has 186 valence electrons. The van der Waals surface area contributed by atoms with Crippen LogP contribution in [0, 0.1) is 5.92 Å². The molecule has 0 fully saturated rings. The summed E-state index contributed by atoms with van der Waals surface area (Å²) in [4.78, 5) is 51.5. The maximum Gasteiger partial charge on any atom is 0.255 e. The zero-order valence-corrected chi connectivity index (χ0v) is 20.0. The minimum atomic E-state index is -1.13. The second-order valence-electron chi connectivity index (χ2n) is 8.68. The van der Waals surface area contributed by atoms with Gasteiger partial charge in [-0.15, -0.1) is 0 Å². The SMILES string of the molecule is CC(C)[C@@H]1NC(=O)C[C@@H](C(=O)NCCc2ccccc2)NC(=O)c2ccccc2OCCNC1=O. The molecule has 4 N–H and O–H groups in total. The van der Waals surface area contributed by atoms with Gasteiger partial charge in [-0.05, 0) is 30.0 Å². The third-order valence-corrected chi connectivity index (χ3v) is 5.62. The molecule has 2 aromatic rings. The van der Waals surface area contributed by atoms with E-state index in [1.165, 1.54) is 0 Å². The summed E-state index contributed by atoms with van der Waals surface area (Å²) in [6.45, 7) is 4.32. The van der Waals surface area contributed by atoms with E-state index in [-0.39, 0.29) is 37.0 Å². The molecule has 0 saturated carbocycles. The van der Waals surface area contributed by atoms with Gasteiger partial charge in [0, 0.05) is 6.54 Å². The van der Waals surface area contributed by atoms with Gasteiger partial charge in [0.2, 0.25) is 17.7 Å². The predicted molar refractivity (Wildman–Crippen MR) is 131 cm³/mol. The molecule has 1 aliphatic heterocycles. The van der Waals surface area contributed by atoms with E-state index >= 15 is 0 Å². The lowest BCUT2D eigenvalue weighted by Gasteiger charge is -2.24. The van der Waals surface area contributed by atoms with Crippen molar-refractivity contribution in [1.29, 1.82) is 0 Å². The molecule has 0 radical (unpaired) electrons. The number of nitrogens with one attached hydrogen (secondary N) is 4. The molecule has 0 spiro atoms.